The molecule has 1 N–H and O–H groups in total. The molecule has 1 saturated heterocycles. The molecule has 4 nitrogen and oxygen atoms in total. The highest BCUT2D eigenvalue weighted by Crippen LogP contribution is 2.36. The van der Waals surface area contributed by atoms with Gasteiger partial charge >= 0.3 is 0 Å². The number of piperazine rings is 1. The summed E-state index contributed by atoms with van der Waals surface area (Å²) >= 11 is 0. The minimum absolute atomic E-state index is 0.0226. The maximum absolute atomic E-state index is 12.7. The van der Waals surface area contributed by atoms with E-state index in [1.165, 1.54) is 0 Å². The maximum Gasteiger partial charge on any atom is 0.246 e. The van der Waals surface area contributed by atoms with E-state index in [2.05, 4.69) is 33.0 Å². The van der Waals surface area contributed by atoms with E-state index in [1.54, 1.807) is 0 Å². The van der Waals surface area contributed by atoms with E-state index in [0.717, 1.165) is 12.8 Å². The molecule has 0 aromatic heterocycles. The predicted octanol–water partition coefficient (Wildman–Crippen LogP) is 2.18. The lowest BCUT2D eigenvalue weighted by atomic mass is 9.80. The highest BCUT2D eigenvalue weighted by Gasteiger charge is 2.47. The smallest absolute Gasteiger partial charge is 0.246 e. The standard InChI is InChI=1S/C16H28N2O2/c1-6-12-14(19)17-13(11-7-8-11)15(20)18(12)9-16(4,5)10(2)3/h10-13H,6-9H2,1-5H3,(H,17,19). The van der Waals surface area contributed by atoms with E-state index < -0.39 is 0 Å². The first-order valence-corrected chi connectivity index (χ1v) is 7.88. The van der Waals surface area contributed by atoms with Crippen molar-refractivity contribution in [1.82, 2.24) is 10.2 Å². The van der Waals surface area contributed by atoms with Crippen molar-refractivity contribution in [3.05, 3.63) is 0 Å². The Balaban J connectivity index is 2.20. The van der Waals surface area contributed by atoms with Gasteiger partial charge in [0.2, 0.25) is 11.8 Å². The lowest BCUT2D eigenvalue weighted by Crippen LogP contribution is -2.65. The Kier molecular flexibility index (Phi) is 4.12. The molecule has 114 valence electrons. The molecule has 2 rings (SSSR count). The van der Waals surface area contributed by atoms with Crippen molar-refractivity contribution in [2.45, 2.75) is 66.0 Å². The van der Waals surface area contributed by atoms with Gasteiger partial charge in [-0.3, -0.25) is 9.59 Å². The fourth-order valence-corrected chi connectivity index (χ4v) is 2.75. The monoisotopic (exact) mass is 280 g/mol. The number of carbonyl (C=O) groups excluding carboxylic acids is 2. The topological polar surface area (TPSA) is 49.4 Å². The quantitative estimate of drug-likeness (QED) is 0.839. The summed E-state index contributed by atoms with van der Waals surface area (Å²) in [4.78, 5) is 26.9. The first-order chi connectivity index (χ1) is 9.27. The van der Waals surface area contributed by atoms with Crippen LogP contribution in [0.25, 0.3) is 0 Å². The van der Waals surface area contributed by atoms with Gasteiger partial charge in [-0.2, -0.15) is 0 Å². The zero-order valence-corrected chi connectivity index (χ0v) is 13.4. The second-order valence-corrected chi connectivity index (χ2v) is 7.36. The molecular formula is C16H28N2O2. The van der Waals surface area contributed by atoms with E-state index in [4.69, 9.17) is 0 Å². The maximum atomic E-state index is 12.7. The lowest BCUT2D eigenvalue weighted by molar-refractivity contribution is -0.152. The predicted molar refractivity (Wildman–Crippen MR) is 79.1 cm³/mol. The normalized spacial score (nSPS) is 28.0. The van der Waals surface area contributed by atoms with Crippen LogP contribution in [0, 0.1) is 17.3 Å². The number of nitrogens with one attached hydrogen (secondary N) is 1. The molecule has 0 bridgehead atoms. The molecule has 1 heterocycles. The van der Waals surface area contributed by atoms with Crippen molar-refractivity contribution in [3.63, 3.8) is 0 Å². The third kappa shape index (κ3) is 2.84. The van der Waals surface area contributed by atoms with Crippen LogP contribution in [0.15, 0.2) is 0 Å². The highest BCUT2D eigenvalue weighted by atomic mass is 16.2. The number of carbonyl (C=O) groups is 2. The molecule has 0 radical (unpaired) electrons. The van der Waals surface area contributed by atoms with Gasteiger partial charge < -0.3 is 10.2 Å². The Labute approximate surface area is 122 Å². The Morgan fingerprint density at radius 2 is 1.90 bits per heavy atom. The summed E-state index contributed by atoms with van der Waals surface area (Å²) in [5.41, 5.74) is 0.0226. The van der Waals surface area contributed by atoms with Crippen LogP contribution in [-0.4, -0.2) is 35.3 Å². The Bertz CT molecular complexity index is 399. The molecular weight excluding hydrogens is 252 g/mol. The van der Waals surface area contributed by atoms with Gasteiger partial charge in [0.05, 0.1) is 0 Å². The van der Waals surface area contributed by atoms with Gasteiger partial charge in [-0.25, -0.2) is 0 Å². The Hall–Kier alpha value is -1.06. The molecule has 2 atom stereocenters. The summed E-state index contributed by atoms with van der Waals surface area (Å²) in [6.07, 6.45) is 2.81. The van der Waals surface area contributed by atoms with Gasteiger partial charge in [-0.05, 0) is 36.5 Å². The van der Waals surface area contributed by atoms with E-state index in [-0.39, 0.29) is 29.3 Å². The molecule has 2 fully saturated rings. The van der Waals surface area contributed by atoms with Gasteiger partial charge in [0.1, 0.15) is 12.1 Å². The summed E-state index contributed by atoms with van der Waals surface area (Å²) in [5, 5.41) is 2.94. The molecule has 4 heteroatoms. The van der Waals surface area contributed by atoms with E-state index in [1.807, 2.05) is 11.8 Å². The largest absolute Gasteiger partial charge is 0.342 e. The van der Waals surface area contributed by atoms with Crippen LogP contribution >= 0.6 is 0 Å². The average molecular weight is 280 g/mol. The minimum atomic E-state index is -0.296. The third-order valence-electron chi connectivity index (χ3n) is 5.15. The molecule has 2 unspecified atom stereocenters. The van der Waals surface area contributed by atoms with Crippen molar-refractivity contribution < 1.29 is 9.59 Å². The summed E-state index contributed by atoms with van der Waals surface area (Å²) in [6.45, 7) is 11.3. The first-order valence-electron chi connectivity index (χ1n) is 7.88. The van der Waals surface area contributed by atoms with Gasteiger partial charge in [0.25, 0.3) is 0 Å². The van der Waals surface area contributed by atoms with Crippen molar-refractivity contribution in [3.8, 4) is 0 Å². The van der Waals surface area contributed by atoms with Crippen LogP contribution < -0.4 is 5.32 Å². The summed E-state index contributed by atoms with van der Waals surface area (Å²) in [5.74, 6) is 1.00. The van der Waals surface area contributed by atoms with Crippen LogP contribution in [0.1, 0.15) is 53.9 Å². The van der Waals surface area contributed by atoms with Gasteiger partial charge in [-0.1, -0.05) is 34.6 Å². The van der Waals surface area contributed by atoms with Crippen LogP contribution in [0.2, 0.25) is 0 Å². The third-order valence-corrected chi connectivity index (χ3v) is 5.15. The first kappa shape index (κ1) is 15.3. The zero-order valence-electron chi connectivity index (χ0n) is 13.4. The summed E-state index contributed by atoms with van der Waals surface area (Å²) < 4.78 is 0. The van der Waals surface area contributed by atoms with Crippen molar-refractivity contribution >= 4 is 11.8 Å². The molecule has 0 spiro atoms. The second kappa shape index (κ2) is 5.38. The molecule has 1 aliphatic heterocycles. The van der Waals surface area contributed by atoms with Crippen LogP contribution in [-0.2, 0) is 9.59 Å². The number of nitrogens with zero attached hydrogens (tertiary/aromatic N) is 1. The number of hydrogen-bond acceptors (Lipinski definition) is 2. The van der Waals surface area contributed by atoms with Gasteiger partial charge in [0.15, 0.2) is 0 Å². The molecule has 1 saturated carbocycles. The molecule has 2 amide bonds. The molecule has 0 aromatic rings. The van der Waals surface area contributed by atoms with E-state index in [0.29, 0.717) is 24.8 Å². The van der Waals surface area contributed by atoms with E-state index >= 15 is 0 Å². The fourth-order valence-electron chi connectivity index (χ4n) is 2.75. The molecule has 0 aromatic carbocycles. The Morgan fingerprint density at radius 1 is 1.30 bits per heavy atom. The van der Waals surface area contributed by atoms with Crippen molar-refractivity contribution in [2.24, 2.45) is 17.3 Å². The molecule has 1 aliphatic carbocycles. The number of rotatable bonds is 5. The highest BCUT2D eigenvalue weighted by molar-refractivity contribution is 5.97. The summed E-state index contributed by atoms with van der Waals surface area (Å²) in [7, 11) is 0. The zero-order chi connectivity index (χ0) is 15.1. The Morgan fingerprint density at radius 3 is 2.35 bits per heavy atom. The molecule has 20 heavy (non-hydrogen) atoms. The molecule has 2 aliphatic rings. The van der Waals surface area contributed by atoms with Gasteiger partial charge in [0, 0.05) is 6.54 Å². The van der Waals surface area contributed by atoms with Crippen LogP contribution in [0.3, 0.4) is 0 Å². The average Bonchev–Trinajstić information content (AvgIpc) is 3.17. The van der Waals surface area contributed by atoms with E-state index in [9.17, 15) is 9.59 Å². The number of amides is 2. The lowest BCUT2D eigenvalue weighted by Gasteiger charge is -2.43. The summed E-state index contributed by atoms with van der Waals surface area (Å²) in [6, 6.07) is -0.566. The van der Waals surface area contributed by atoms with Gasteiger partial charge in [-0.15, -0.1) is 0 Å². The minimum Gasteiger partial charge on any atom is -0.342 e. The van der Waals surface area contributed by atoms with Crippen molar-refractivity contribution in [1.29, 1.82) is 0 Å². The SMILES string of the molecule is CCC1C(=O)NC(C2CC2)C(=O)N1CC(C)(C)C(C)C. The van der Waals surface area contributed by atoms with Crippen LogP contribution in [0.5, 0.6) is 0 Å². The van der Waals surface area contributed by atoms with Crippen LogP contribution in [0.4, 0.5) is 0 Å². The second-order valence-electron chi connectivity index (χ2n) is 7.36. The van der Waals surface area contributed by atoms with Crippen molar-refractivity contribution in [2.75, 3.05) is 6.54 Å². The number of hydrogen-bond donors (Lipinski definition) is 1. The fraction of sp³-hybridized carbons (Fsp3) is 0.875.